The zero-order valence-corrected chi connectivity index (χ0v) is 17.7. The predicted molar refractivity (Wildman–Crippen MR) is 120 cm³/mol. The molecule has 0 aliphatic rings. The zero-order chi connectivity index (χ0) is 23.0. The van der Waals surface area contributed by atoms with E-state index in [1.807, 2.05) is 6.07 Å². The number of esters is 1. The summed E-state index contributed by atoms with van der Waals surface area (Å²) in [6.45, 7) is -0.151. The van der Waals surface area contributed by atoms with Gasteiger partial charge in [-0.25, -0.2) is 13.2 Å². The lowest BCUT2D eigenvalue weighted by atomic mass is 10.1. The second-order valence-electron chi connectivity index (χ2n) is 6.60. The Kier molecular flexibility index (Phi) is 7.39. The van der Waals surface area contributed by atoms with Gasteiger partial charge in [0.05, 0.1) is 17.0 Å². The highest BCUT2D eigenvalue weighted by Crippen LogP contribution is 2.22. The van der Waals surface area contributed by atoms with Gasteiger partial charge >= 0.3 is 5.97 Å². The third-order valence-electron chi connectivity index (χ3n) is 4.37. The Labute approximate surface area is 186 Å². The van der Waals surface area contributed by atoms with Gasteiger partial charge in [0.2, 0.25) is 16.1 Å². The topological polar surface area (TPSA) is 102 Å². The number of para-hydroxylation sites is 1. The summed E-state index contributed by atoms with van der Waals surface area (Å²) in [6, 6.07) is 22.5. The van der Waals surface area contributed by atoms with Gasteiger partial charge in [-0.3, -0.25) is 4.79 Å². The van der Waals surface area contributed by atoms with Crippen LogP contribution in [0.5, 0.6) is 0 Å². The van der Waals surface area contributed by atoms with Crippen molar-refractivity contribution in [1.29, 1.82) is 0 Å². The second-order valence-corrected chi connectivity index (χ2v) is 8.37. The number of hydrogen-bond donors (Lipinski definition) is 2. The number of sulfonamides is 1. The maximum Gasteiger partial charge on any atom is 0.339 e. The van der Waals surface area contributed by atoms with Crippen LogP contribution in [-0.4, -0.2) is 26.8 Å². The van der Waals surface area contributed by atoms with Gasteiger partial charge in [-0.05, 0) is 36.4 Å². The van der Waals surface area contributed by atoms with E-state index in [1.165, 1.54) is 24.3 Å². The first kappa shape index (κ1) is 22.7. The highest BCUT2D eigenvalue weighted by atomic mass is 32.2. The Hall–Kier alpha value is -3.93. The molecule has 0 heterocycles. The summed E-state index contributed by atoms with van der Waals surface area (Å²) in [5.74, 6) is 0.891. The summed E-state index contributed by atoms with van der Waals surface area (Å²) < 4.78 is 32.0. The van der Waals surface area contributed by atoms with E-state index >= 15 is 0 Å². The lowest BCUT2D eigenvalue weighted by Crippen LogP contribution is -2.26. The number of terminal acetylenes is 1. The smallest absolute Gasteiger partial charge is 0.339 e. The van der Waals surface area contributed by atoms with Crippen molar-refractivity contribution in [3.63, 3.8) is 0 Å². The van der Waals surface area contributed by atoms with Crippen LogP contribution < -0.4 is 10.0 Å². The SMILES string of the molecule is C#CCNS(=O)(=O)c1ccc(C(=O)O[C@H](C(=O)Nc2ccccc2)c2ccccc2)cc1. The number of anilines is 1. The summed E-state index contributed by atoms with van der Waals surface area (Å²) in [6.07, 6.45) is 3.87. The molecule has 0 aliphatic heterocycles. The molecule has 0 unspecified atom stereocenters. The van der Waals surface area contributed by atoms with E-state index in [0.29, 0.717) is 11.3 Å². The van der Waals surface area contributed by atoms with Crippen LogP contribution in [0.3, 0.4) is 0 Å². The lowest BCUT2D eigenvalue weighted by Gasteiger charge is -2.18. The standard InChI is InChI=1S/C24H20N2O5S/c1-2-17-25-32(29,30)21-15-13-19(14-16-21)24(28)31-22(18-9-5-3-6-10-18)23(27)26-20-11-7-4-8-12-20/h1,3-16,22,25H,17H2,(H,26,27)/t22-/m0/s1. The molecule has 0 fully saturated rings. The van der Waals surface area contributed by atoms with Gasteiger partial charge < -0.3 is 10.1 Å². The molecule has 8 heteroatoms. The summed E-state index contributed by atoms with van der Waals surface area (Å²) in [5.41, 5.74) is 1.14. The molecule has 3 aromatic carbocycles. The van der Waals surface area contributed by atoms with Crippen LogP contribution in [0.1, 0.15) is 22.0 Å². The fourth-order valence-electron chi connectivity index (χ4n) is 2.80. The first-order valence-corrected chi connectivity index (χ1v) is 11.0. The first-order chi connectivity index (χ1) is 15.4. The summed E-state index contributed by atoms with van der Waals surface area (Å²) in [4.78, 5) is 25.5. The van der Waals surface area contributed by atoms with Gasteiger partial charge in [0.15, 0.2) is 0 Å². The molecule has 0 radical (unpaired) electrons. The Bertz CT molecular complexity index is 1220. The van der Waals surface area contributed by atoms with E-state index in [0.717, 1.165) is 0 Å². The molecule has 1 atom stereocenters. The van der Waals surface area contributed by atoms with Crippen molar-refractivity contribution < 1.29 is 22.7 Å². The molecule has 0 bridgehead atoms. The average molecular weight is 449 g/mol. The molecule has 0 saturated carbocycles. The molecule has 2 N–H and O–H groups in total. The minimum Gasteiger partial charge on any atom is -0.444 e. The normalized spacial score (nSPS) is 11.7. The Morgan fingerprint density at radius 1 is 0.906 bits per heavy atom. The van der Waals surface area contributed by atoms with Crippen LogP contribution in [0.4, 0.5) is 5.69 Å². The van der Waals surface area contributed by atoms with Crippen molar-refractivity contribution in [1.82, 2.24) is 4.72 Å². The monoisotopic (exact) mass is 448 g/mol. The van der Waals surface area contributed by atoms with Crippen molar-refractivity contribution in [3.05, 3.63) is 96.1 Å². The van der Waals surface area contributed by atoms with Gasteiger partial charge in [0, 0.05) is 11.3 Å². The van der Waals surface area contributed by atoms with Crippen LogP contribution >= 0.6 is 0 Å². The van der Waals surface area contributed by atoms with Gasteiger partial charge in [-0.1, -0.05) is 54.5 Å². The number of carbonyl (C=O) groups is 2. The summed E-state index contributed by atoms with van der Waals surface area (Å²) in [7, 11) is -3.79. The Balaban J connectivity index is 1.79. The van der Waals surface area contributed by atoms with Gasteiger partial charge in [0.1, 0.15) is 0 Å². The number of benzene rings is 3. The minimum atomic E-state index is -3.79. The highest BCUT2D eigenvalue weighted by Gasteiger charge is 2.26. The van der Waals surface area contributed by atoms with E-state index in [9.17, 15) is 18.0 Å². The summed E-state index contributed by atoms with van der Waals surface area (Å²) in [5, 5.41) is 2.73. The molecule has 162 valence electrons. The molecule has 0 aromatic heterocycles. The van der Waals surface area contributed by atoms with Crippen LogP contribution in [0.25, 0.3) is 0 Å². The van der Waals surface area contributed by atoms with Crippen molar-refractivity contribution in [3.8, 4) is 12.3 Å². The molecule has 3 aromatic rings. The molecule has 3 rings (SSSR count). The van der Waals surface area contributed by atoms with E-state index in [1.54, 1.807) is 54.6 Å². The van der Waals surface area contributed by atoms with Crippen LogP contribution in [0.2, 0.25) is 0 Å². The largest absolute Gasteiger partial charge is 0.444 e. The van der Waals surface area contributed by atoms with Crippen LogP contribution in [0, 0.1) is 12.3 Å². The highest BCUT2D eigenvalue weighted by molar-refractivity contribution is 7.89. The second kappa shape index (κ2) is 10.4. The number of nitrogens with one attached hydrogen (secondary N) is 2. The van der Waals surface area contributed by atoms with Crippen molar-refractivity contribution in [2.75, 3.05) is 11.9 Å². The van der Waals surface area contributed by atoms with E-state index < -0.39 is 28.0 Å². The van der Waals surface area contributed by atoms with Crippen molar-refractivity contribution >= 4 is 27.6 Å². The van der Waals surface area contributed by atoms with Gasteiger partial charge in [0.25, 0.3) is 5.91 Å². The zero-order valence-electron chi connectivity index (χ0n) is 16.9. The summed E-state index contributed by atoms with van der Waals surface area (Å²) >= 11 is 0. The maximum atomic E-state index is 12.9. The van der Waals surface area contributed by atoms with Crippen molar-refractivity contribution in [2.24, 2.45) is 0 Å². The fourth-order valence-corrected chi connectivity index (χ4v) is 3.73. The van der Waals surface area contributed by atoms with Gasteiger partial charge in [-0.2, -0.15) is 4.72 Å². The maximum absolute atomic E-state index is 12.9. The predicted octanol–water partition coefficient (Wildman–Crippen LogP) is 3.13. The average Bonchev–Trinajstić information content (AvgIpc) is 2.82. The first-order valence-electron chi connectivity index (χ1n) is 9.56. The van der Waals surface area contributed by atoms with Crippen molar-refractivity contribution in [2.45, 2.75) is 11.0 Å². The fraction of sp³-hybridized carbons (Fsp3) is 0.0833. The number of ether oxygens (including phenoxy) is 1. The minimum absolute atomic E-state index is 0.0502. The molecule has 7 nitrogen and oxygen atoms in total. The third-order valence-corrected chi connectivity index (χ3v) is 5.79. The number of hydrogen-bond acceptors (Lipinski definition) is 5. The molecule has 32 heavy (non-hydrogen) atoms. The lowest BCUT2D eigenvalue weighted by molar-refractivity contribution is -0.125. The number of rotatable bonds is 8. The quantitative estimate of drug-likeness (QED) is 0.407. The number of carbonyl (C=O) groups excluding carboxylic acids is 2. The molecule has 0 spiro atoms. The van der Waals surface area contributed by atoms with E-state index in [2.05, 4.69) is 16.0 Å². The molecule has 0 saturated heterocycles. The Morgan fingerprint density at radius 2 is 1.50 bits per heavy atom. The Morgan fingerprint density at radius 3 is 2.09 bits per heavy atom. The molecular weight excluding hydrogens is 428 g/mol. The number of amides is 1. The van der Waals surface area contributed by atoms with Crippen LogP contribution in [-0.2, 0) is 19.6 Å². The molecule has 0 aliphatic carbocycles. The molecule has 1 amide bonds. The van der Waals surface area contributed by atoms with Gasteiger partial charge in [-0.15, -0.1) is 6.42 Å². The van der Waals surface area contributed by atoms with Crippen LogP contribution in [0.15, 0.2) is 89.8 Å². The molecular formula is C24H20N2O5S. The third kappa shape index (κ3) is 5.82. The van der Waals surface area contributed by atoms with E-state index in [-0.39, 0.29) is 17.0 Å². The van der Waals surface area contributed by atoms with E-state index in [4.69, 9.17) is 11.2 Å².